The van der Waals surface area contributed by atoms with E-state index in [-0.39, 0.29) is 11.9 Å². The Kier molecular flexibility index (Phi) is 5.01. The summed E-state index contributed by atoms with van der Waals surface area (Å²) in [6, 6.07) is 13.1. The highest BCUT2D eigenvalue weighted by Gasteiger charge is 2.23. The highest BCUT2D eigenvalue weighted by Crippen LogP contribution is 2.38. The van der Waals surface area contributed by atoms with E-state index < -0.39 is 0 Å². The third kappa shape index (κ3) is 3.59. The predicted molar refractivity (Wildman–Crippen MR) is 116 cm³/mol. The van der Waals surface area contributed by atoms with E-state index in [0.717, 1.165) is 58.4 Å². The van der Waals surface area contributed by atoms with Crippen LogP contribution in [0.4, 0.5) is 4.39 Å². The molecule has 30 heavy (non-hydrogen) atoms. The van der Waals surface area contributed by atoms with Crippen LogP contribution in [0.1, 0.15) is 17.7 Å². The number of para-hydroxylation sites is 1. The average molecular weight is 405 g/mol. The molecule has 0 amide bonds. The Morgan fingerprint density at radius 1 is 1.17 bits per heavy atom. The van der Waals surface area contributed by atoms with Crippen molar-refractivity contribution < 1.29 is 13.9 Å². The minimum absolute atomic E-state index is 0.0495. The lowest BCUT2D eigenvalue weighted by atomic mass is 10.1. The smallest absolute Gasteiger partial charge is 0.171 e. The molecule has 0 bridgehead atoms. The molecular formula is C24H24FN3O2. The molecule has 2 aromatic carbocycles. The molecule has 154 valence electrons. The van der Waals surface area contributed by atoms with E-state index in [2.05, 4.69) is 15.3 Å². The van der Waals surface area contributed by atoms with Crippen LogP contribution in [0.15, 0.2) is 48.7 Å². The maximum atomic E-state index is 13.8. The number of fused-ring (bicyclic) bond motifs is 4. The van der Waals surface area contributed by atoms with Gasteiger partial charge in [0, 0.05) is 29.2 Å². The summed E-state index contributed by atoms with van der Waals surface area (Å²) in [4.78, 5) is 7.61. The van der Waals surface area contributed by atoms with Crippen molar-refractivity contribution >= 4 is 21.8 Å². The van der Waals surface area contributed by atoms with E-state index in [0.29, 0.717) is 18.7 Å². The molecule has 0 radical (unpaired) electrons. The third-order valence-corrected chi connectivity index (χ3v) is 5.56. The average Bonchev–Trinajstić information content (AvgIpc) is 3.17. The lowest BCUT2D eigenvalue weighted by Gasteiger charge is -2.27. The Balaban J connectivity index is 1.16. The molecule has 0 saturated heterocycles. The van der Waals surface area contributed by atoms with Gasteiger partial charge in [-0.15, -0.1) is 0 Å². The second-order valence-corrected chi connectivity index (χ2v) is 7.75. The Hall–Kier alpha value is -3.12. The number of ether oxygens (including phenoxy) is 2. The monoisotopic (exact) mass is 405 g/mol. The standard InChI is InChI=1S/C24H24FN3O2/c1-15-7-8-19-21(28-15)9-10-22-24(19)30-17(14-29-22)13-26-11-3-4-16-12-27-23-18(16)5-2-6-20(23)25/h2,5-10,12,17,26-27H,3-4,11,13-14H2,1H3. The van der Waals surface area contributed by atoms with Crippen molar-refractivity contribution in [2.45, 2.75) is 25.9 Å². The van der Waals surface area contributed by atoms with Crippen LogP contribution < -0.4 is 14.8 Å². The van der Waals surface area contributed by atoms with Crippen molar-refractivity contribution in [2.24, 2.45) is 0 Å². The summed E-state index contributed by atoms with van der Waals surface area (Å²) in [6.45, 7) is 4.06. The molecule has 1 unspecified atom stereocenters. The summed E-state index contributed by atoms with van der Waals surface area (Å²) in [7, 11) is 0. The van der Waals surface area contributed by atoms with Gasteiger partial charge >= 0.3 is 0 Å². The number of aromatic amines is 1. The van der Waals surface area contributed by atoms with E-state index in [9.17, 15) is 4.39 Å². The zero-order valence-corrected chi connectivity index (χ0v) is 16.9. The molecule has 2 N–H and O–H groups in total. The van der Waals surface area contributed by atoms with E-state index >= 15 is 0 Å². The van der Waals surface area contributed by atoms with Crippen LogP contribution in [0, 0.1) is 12.7 Å². The first-order chi connectivity index (χ1) is 14.7. The number of aromatic nitrogens is 2. The highest BCUT2D eigenvalue weighted by molar-refractivity contribution is 5.88. The van der Waals surface area contributed by atoms with Gasteiger partial charge in [0.25, 0.3) is 0 Å². The Bertz CT molecular complexity index is 1200. The number of nitrogens with zero attached hydrogens (tertiary/aromatic N) is 1. The number of halogens is 1. The van der Waals surface area contributed by atoms with Gasteiger partial charge in [0.15, 0.2) is 11.5 Å². The van der Waals surface area contributed by atoms with Crippen LogP contribution >= 0.6 is 0 Å². The van der Waals surface area contributed by atoms with Crippen LogP contribution in [-0.4, -0.2) is 35.8 Å². The fraction of sp³-hybridized carbons (Fsp3) is 0.292. The van der Waals surface area contributed by atoms with Crippen LogP contribution in [0.3, 0.4) is 0 Å². The number of benzene rings is 2. The molecule has 0 aliphatic carbocycles. The maximum absolute atomic E-state index is 13.8. The van der Waals surface area contributed by atoms with E-state index in [4.69, 9.17) is 9.47 Å². The molecule has 5 nitrogen and oxygen atoms in total. The van der Waals surface area contributed by atoms with E-state index in [1.54, 1.807) is 6.07 Å². The molecule has 4 aromatic rings. The first-order valence-electron chi connectivity index (χ1n) is 10.3. The van der Waals surface area contributed by atoms with Gasteiger partial charge < -0.3 is 19.8 Å². The maximum Gasteiger partial charge on any atom is 0.171 e. The molecule has 1 atom stereocenters. The number of hydrogen-bond acceptors (Lipinski definition) is 4. The minimum atomic E-state index is -0.204. The normalized spacial score (nSPS) is 15.7. The summed E-state index contributed by atoms with van der Waals surface area (Å²) in [6.07, 6.45) is 3.70. The molecule has 2 aromatic heterocycles. The van der Waals surface area contributed by atoms with Crippen LogP contribution in [0.25, 0.3) is 21.8 Å². The van der Waals surface area contributed by atoms with Gasteiger partial charge in [-0.1, -0.05) is 12.1 Å². The second kappa shape index (κ2) is 7.95. The minimum Gasteiger partial charge on any atom is -0.486 e. The number of nitrogens with one attached hydrogen (secondary N) is 2. The molecule has 0 saturated carbocycles. The first kappa shape index (κ1) is 18.9. The van der Waals surface area contributed by atoms with Crippen molar-refractivity contribution in [1.29, 1.82) is 0 Å². The van der Waals surface area contributed by atoms with Crippen molar-refractivity contribution in [3.05, 3.63) is 65.7 Å². The lowest BCUT2D eigenvalue weighted by molar-refractivity contribution is 0.0925. The summed E-state index contributed by atoms with van der Waals surface area (Å²) < 4.78 is 25.9. The summed E-state index contributed by atoms with van der Waals surface area (Å²) in [5.41, 5.74) is 3.63. The molecule has 1 aliphatic rings. The highest BCUT2D eigenvalue weighted by atomic mass is 19.1. The van der Waals surface area contributed by atoms with Gasteiger partial charge in [-0.05, 0) is 62.2 Å². The van der Waals surface area contributed by atoms with Gasteiger partial charge in [-0.2, -0.15) is 0 Å². The summed E-state index contributed by atoms with van der Waals surface area (Å²) in [5, 5.41) is 5.41. The van der Waals surface area contributed by atoms with Crippen LogP contribution in [0.5, 0.6) is 11.5 Å². The Morgan fingerprint density at radius 2 is 2.10 bits per heavy atom. The molecular weight excluding hydrogens is 381 g/mol. The summed E-state index contributed by atoms with van der Waals surface area (Å²) >= 11 is 0. The fourth-order valence-corrected chi connectivity index (χ4v) is 4.03. The molecule has 5 rings (SSSR count). The summed E-state index contributed by atoms with van der Waals surface area (Å²) in [5.74, 6) is 1.35. The van der Waals surface area contributed by atoms with Crippen molar-refractivity contribution in [2.75, 3.05) is 19.7 Å². The van der Waals surface area contributed by atoms with Gasteiger partial charge in [-0.25, -0.2) is 4.39 Å². The predicted octanol–water partition coefficient (Wildman–Crippen LogP) is 4.53. The largest absolute Gasteiger partial charge is 0.486 e. The fourth-order valence-electron chi connectivity index (χ4n) is 4.03. The lowest BCUT2D eigenvalue weighted by Crippen LogP contribution is -2.38. The third-order valence-electron chi connectivity index (χ3n) is 5.56. The zero-order chi connectivity index (χ0) is 20.5. The van der Waals surface area contributed by atoms with Crippen molar-refractivity contribution in [1.82, 2.24) is 15.3 Å². The Labute approximate surface area is 174 Å². The number of pyridine rings is 1. The molecule has 0 fully saturated rings. The number of hydrogen-bond donors (Lipinski definition) is 2. The van der Waals surface area contributed by atoms with Gasteiger partial charge in [0.05, 0.1) is 11.0 Å². The molecule has 6 heteroatoms. The van der Waals surface area contributed by atoms with Crippen molar-refractivity contribution in [3.8, 4) is 11.5 Å². The van der Waals surface area contributed by atoms with Crippen LogP contribution in [0.2, 0.25) is 0 Å². The van der Waals surface area contributed by atoms with Crippen molar-refractivity contribution in [3.63, 3.8) is 0 Å². The quantitative estimate of drug-likeness (QED) is 0.463. The molecule has 3 heterocycles. The van der Waals surface area contributed by atoms with E-state index in [1.807, 2.05) is 43.5 Å². The SMILES string of the molecule is Cc1ccc2c3c(ccc2n1)OCC(CNCCCc1c[nH]c2c(F)cccc12)O3. The molecule has 1 aliphatic heterocycles. The topological polar surface area (TPSA) is 59.2 Å². The van der Waals surface area contributed by atoms with Gasteiger partial charge in [-0.3, -0.25) is 4.98 Å². The number of aryl methyl sites for hydroxylation is 2. The Morgan fingerprint density at radius 3 is 3.03 bits per heavy atom. The number of H-pyrrole nitrogens is 1. The van der Waals surface area contributed by atoms with Gasteiger partial charge in [0.1, 0.15) is 18.5 Å². The molecule has 0 spiro atoms. The first-order valence-corrected chi connectivity index (χ1v) is 10.3. The van der Waals surface area contributed by atoms with Gasteiger partial charge in [0.2, 0.25) is 0 Å². The number of rotatable bonds is 6. The van der Waals surface area contributed by atoms with Crippen LogP contribution in [-0.2, 0) is 6.42 Å². The van der Waals surface area contributed by atoms with E-state index in [1.165, 1.54) is 6.07 Å². The zero-order valence-electron chi connectivity index (χ0n) is 16.9. The second-order valence-electron chi connectivity index (χ2n) is 7.75.